The van der Waals surface area contributed by atoms with E-state index in [0.717, 1.165) is 0 Å². The molecule has 4 aliphatic heterocycles. The van der Waals surface area contributed by atoms with Crippen molar-refractivity contribution in [3.63, 3.8) is 0 Å². The molecule has 46 valence electrons. The van der Waals surface area contributed by atoms with Crippen LogP contribution in [0.15, 0.2) is 0 Å². The lowest BCUT2D eigenvalue weighted by molar-refractivity contribution is -0.162. The molecule has 0 aromatic rings. The Balaban J connectivity index is 1.96. The molecule has 4 nitrogen and oxygen atoms in total. The second-order valence-electron chi connectivity index (χ2n) is 2.94. The highest BCUT2D eigenvalue weighted by molar-refractivity contribution is 5.96. The molecule has 0 aromatic carbocycles. The lowest BCUT2D eigenvalue weighted by Crippen LogP contribution is -2.51. The van der Waals surface area contributed by atoms with Crippen LogP contribution < -0.4 is 0 Å². The Labute approximate surface area is 50.3 Å². The van der Waals surface area contributed by atoms with Gasteiger partial charge in [-0.15, -0.1) is 0 Å². The molecule has 0 saturated carbocycles. The monoisotopic (exact) mass is 125 g/mol. The predicted molar refractivity (Wildman–Crippen MR) is 23.1 cm³/mol. The summed E-state index contributed by atoms with van der Waals surface area (Å²) in [5.41, 5.74) is -0.231. The van der Waals surface area contributed by atoms with E-state index in [2.05, 4.69) is 0 Å². The average molecular weight is 125 g/mol. The maximum absolute atomic E-state index is 10.7. The second-order valence-corrected chi connectivity index (χ2v) is 2.94. The van der Waals surface area contributed by atoms with Crippen molar-refractivity contribution >= 4 is 5.97 Å². The summed E-state index contributed by atoms with van der Waals surface area (Å²) in [6, 6.07) is 0. The van der Waals surface area contributed by atoms with Gasteiger partial charge in [0.15, 0.2) is 6.23 Å². The van der Waals surface area contributed by atoms with Crippen molar-refractivity contribution in [1.29, 1.82) is 0 Å². The SMILES string of the molecule is O=C1OC2N3C4OC4[C@]123. The third-order valence-corrected chi connectivity index (χ3v) is 2.71. The third kappa shape index (κ3) is 0.138. The summed E-state index contributed by atoms with van der Waals surface area (Å²) < 4.78 is 9.91. The number of carbonyl (C=O) groups is 1. The van der Waals surface area contributed by atoms with E-state index < -0.39 is 0 Å². The first kappa shape index (κ1) is 3.53. The van der Waals surface area contributed by atoms with Gasteiger partial charge < -0.3 is 9.47 Å². The first-order chi connectivity index (χ1) is 4.37. The number of fused-ring (bicyclic) bond motifs is 3. The summed E-state index contributed by atoms with van der Waals surface area (Å²) in [7, 11) is 0. The van der Waals surface area contributed by atoms with Crippen LogP contribution in [-0.4, -0.2) is 35.0 Å². The molecule has 0 bridgehead atoms. The van der Waals surface area contributed by atoms with Gasteiger partial charge >= 0.3 is 5.97 Å². The summed E-state index contributed by atoms with van der Waals surface area (Å²) in [5, 5.41) is 0. The van der Waals surface area contributed by atoms with Crippen molar-refractivity contribution in [1.82, 2.24) is 4.90 Å². The minimum absolute atomic E-state index is 0.0775. The molecular weight excluding hydrogens is 122 g/mol. The van der Waals surface area contributed by atoms with Gasteiger partial charge in [0.2, 0.25) is 5.54 Å². The molecule has 0 N–H and O–H groups in total. The van der Waals surface area contributed by atoms with Crippen LogP contribution in [0.3, 0.4) is 0 Å². The van der Waals surface area contributed by atoms with E-state index in [9.17, 15) is 4.79 Å². The zero-order valence-corrected chi connectivity index (χ0v) is 4.40. The zero-order chi connectivity index (χ0) is 5.80. The third-order valence-electron chi connectivity index (χ3n) is 2.71. The summed E-state index contributed by atoms with van der Waals surface area (Å²) in [6.07, 6.45) is 0.582. The van der Waals surface area contributed by atoms with Gasteiger partial charge in [-0.25, -0.2) is 9.69 Å². The summed E-state index contributed by atoms with van der Waals surface area (Å²) in [6.45, 7) is 0. The molecular formula is C5H3NO3. The topological polar surface area (TPSA) is 41.8 Å². The molecule has 4 saturated heterocycles. The Morgan fingerprint density at radius 2 is 2.56 bits per heavy atom. The van der Waals surface area contributed by atoms with Gasteiger partial charge in [0.05, 0.1) is 0 Å². The van der Waals surface area contributed by atoms with E-state index in [1.165, 1.54) is 0 Å². The second kappa shape index (κ2) is 0.602. The fourth-order valence-corrected chi connectivity index (χ4v) is 2.09. The molecule has 4 unspecified atom stereocenters. The van der Waals surface area contributed by atoms with Gasteiger partial charge in [0.1, 0.15) is 12.3 Å². The van der Waals surface area contributed by atoms with Crippen LogP contribution in [0, 0.1) is 0 Å². The number of hydrogen-bond acceptors (Lipinski definition) is 4. The number of carbonyl (C=O) groups excluding carboxylic acids is 1. The number of rotatable bonds is 0. The molecule has 4 heteroatoms. The highest BCUT2D eigenvalue weighted by Crippen LogP contribution is 2.72. The van der Waals surface area contributed by atoms with Crippen molar-refractivity contribution in [3.05, 3.63) is 0 Å². The smallest absolute Gasteiger partial charge is 0.336 e. The van der Waals surface area contributed by atoms with E-state index in [4.69, 9.17) is 9.47 Å². The molecule has 0 aliphatic carbocycles. The van der Waals surface area contributed by atoms with E-state index in [1.807, 2.05) is 4.90 Å². The fourth-order valence-electron chi connectivity index (χ4n) is 2.09. The molecule has 0 radical (unpaired) electrons. The van der Waals surface area contributed by atoms with Gasteiger partial charge in [-0.1, -0.05) is 0 Å². The first-order valence-corrected chi connectivity index (χ1v) is 3.02. The van der Waals surface area contributed by atoms with Crippen molar-refractivity contribution in [2.45, 2.75) is 24.1 Å². The molecule has 4 fully saturated rings. The summed E-state index contributed by atoms with van der Waals surface area (Å²) >= 11 is 0. The highest BCUT2D eigenvalue weighted by atomic mass is 16.7. The average Bonchev–Trinajstić information content (AvgIpc) is 2.50. The number of esters is 1. The van der Waals surface area contributed by atoms with Crippen LogP contribution in [0.25, 0.3) is 0 Å². The standard InChI is InChI=1S/C5H3NO3/c7-4-5-1-2(8-1)6(5)3(5)9-4/h1-3H/t1?,2?,3?,5-,6?/m1/s1. The number of epoxide rings is 1. The van der Waals surface area contributed by atoms with Crippen LogP contribution in [0.1, 0.15) is 0 Å². The minimum atomic E-state index is -0.231. The van der Waals surface area contributed by atoms with Crippen LogP contribution in [-0.2, 0) is 14.3 Å². The molecule has 1 spiro atoms. The van der Waals surface area contributed by atoms with E-state index in [1.54, 1.807) is 0 Å². The molecule has 4 aliphatic rings. The molecule has 0 aromatic heterocycles. The highest BCUT2D eigenvalue weighted by Gasteiger charge is 3.00. The Hall–Kier alpha value is -0.610. The Kier molecular flexibility index (Phi) is 0.236. The first-order valence-electron chi connectivity index (χ1n) is 3.02. The quantitative estimate of drug-likeness (QED) is 0.297. The summed E-state index contributed by atoms with van der Waals surface area (Å²) in [5.74, 6) is -0.0775. The van der Waals surface area contributed by atoms with Gasteiger partial charge in [0, 0.05) is 0 Å². The lowest BCUT2D eigenvalue weighted by atomic mass is 9.97. The van der Waals surface area contributed by atoms with Crippen LogP contribution in [0.2, 0.25) is 0 Å². The lowest BCUT2D eigenvalue weighted by Gasteiger charge is -2.20. The Morgan fingerprint density at radius 3 is 3.00 bits per heavy atom. The maximum Gasteiger partial charge on any atom is 0.336 e. The van der Waals surface area contributed by atoms with E-state index in [-0.39, 0.29) is 30.1 Å². The molecule has 5 atom stereocenters. The maximum atomic E-state index is 10.7. The van der Waals surface area contributed by atoms with E-state index >= 15 is 0 Å². The van der Waals surface area contributed by atoms with Gasteiger partial charge in [0.25, 0.3) is 0 Å². The normalized spacial score (nSPS) is 78.0. The number of nitrogens with zero attached hydrogens (tertiary/aromatic N) is 1. The zero-order valence-electron chi connectivity index (χ0n) is 4.40. The number of ether oxygens (including phenoxy) is 2. The van der Waals surface area contributed by atoms with Gasteiger partial charge in [-0.2, -0.15) is 0 Å². The van der Waals surface area contributed by atoms with Crippen LogP contribution >= 0.6 is 0 Å². The van der Waals surface area contributed by atoms with Crippen LogP contribution in [0.5, 0.6) is 0 Å². The van der Waals surface area contributed by atoms with Gasteiger partial charge in [-0.3, -0.25) is 0 Å². The largest absolute Gasteiger partial charge is 0.442 e. The van der Waals surface area contributed by atoms with Crippen LogP contribution in [0.4, 0.5) is 0 Å². The molecule has 4 rings (SSSR count). The van der Waals surface area contributed by atoms with Crippen molar-refractivity contribution in [3.8, 4) is 0 Å². The fraction of sp³-hybridized carbons (Fsp3) is 0.800. The minimum Gasteiger partial charge on any atom is -0.442 e. The van der Waals surface area contributed by atoms with Crippen molar-refractivity contribution in [2.75, 3.05) is 0 Å². The molecule has 0 amide bonds. The predicted octanol–water partition coefficient (Wildman–Crippen LogP) is -1.34. The Morgan fingerprint density at radius 1 is 1.67 bits per heavy atom. The number of hydrogen-bond donors (Lipinski definition) is 0. The molecule has 4 heterocycles. The van der Waals surface area contributed by atoms with Gasteiger partial charge in [-0.05, 0) is 0 Å². The van der Waals surface area contributed by atoms with Crippen molar-refractivity contribution in [2.24, 2.45) is 0 Å². The van der Waals surface area contributed by atoms with Crippen molar-refractivity contribution < 1.29 is 14.3 Å². The molecule has 9 heavy (non-hydrogen) atoms. The summed E-state index contributed by atoms with van der Waals surface area (Å²) in [4.78, 5) is 12.7. The Bertz CT molecular complexity index is 249. The van der Waals surface area contributed by atoms with E-state index in [0.29, 0.717) is 0 Å².